The van der Waals surface area contributed by atoms with Gasteiger partial charge in [-0.25, -0.2) is 9.97 Å². The van der Waals surface area contributed by atoms with Crippen molar-refractivity contribution in [1.82, 2.24) is 20.3 Å². The number of pyridine rings is 1. The second kappa shape index (κ2) is 8.31. The molecule has 0 fully saturated rings. The van der Waals surface area contributed by atoms with Gasteiger partial charge in [-0.3, -0.25) is 9.35 Å². The molecule has 0 radical (unpaired) electrons. The van der Waals surface area contributed by atoms with E-state index in [4.69, 9.17) is 16.8 Å². The number of rotatable bonds is 2. The fourth-order valence-corrected chi connectivity index (χ4v) is 1.48. The largest absolute Gasteiger partial charge is 0.366 e. The molecule has 4 N–H and O–H groups in total. The normalized spacial score (nSPS) is 10.2. The smallest absolute Gasteiger partial charge is 0.271 e. The number of anilines is 1. The molecule has 0 aliphatic rings. The van der Waals surface area contributed by atoms with Crippen LogP contribution in [0.5, 0.6) is 0 Å². The van der Waals surface area contributed by atoms with Gasteiger partial charge in [-0.05, 0) is 24.4 Å². The van der Waals surface area contributed by atoms with Crippen LogP contribution in [0.15, 0.2) is 35.6 Å². The van der Waals surface area contributed by atoms with E-state index >= 15 is 0 Å². The summed E-state index contributed by atoms with van der Waals surface area (Å²) < 4.78 is 25.9. The SMILES string of the molecule is CNC(=S)Nc1cc(-c2ccncn2)c[nH]c1=O.CS(=O)(=O)O. The lowest BCUT2D eigenvalue weighted by Gasteiger charge is -2.07. The van der Waals surface area contributed by atoms with E-state index in [1.165, 1.54) is 6.33 Å². The topological polar surface area (TPSA) is 137 Å². The summed E-state index contributed by atoms with van der Waals surface area (Å²) in [5.74, 6) is 0. The van der Waals surface area contributed by atoms with Crippen molar-refractivity contribution in [3.63, 3.8) is 0 Å². The fraction of sp³-hybridized carbons (Fsp3) is 0.167. The summed E-state index contributed by atoms with van der Waals surface area (Å²) in [6.07, 6.45) is 5.40. The lowest BCUT2D eigenvalue weighted by atomic mass is 10.2. The van der Waals surface area contributed by atoms with E-state index in [1.54, 1.807) is 31.6 Å². The Balaban J connectivity index is 0.000000463. The second-order valence-electron chi connectivity index (χ2n) is 4.16. The van der Waals surface area contributed by atoms with E-state index in [2.05, 4.69) is 25.6 Å². The Morgan fingerprint density at radius 2 is 2.09 bits per heavy atom. The molecule has 9 nitrogen and oxygen atoms in total. The third kappa shape index (κ3) is 7.44. The van der Waals surface area contributed by atoms with Crippen molar-refractivity contribution in [1.29, 1.82) is 0 Å². The van der Waals surface area contributed by atoms with Crippen LogP contribution in [0.1, 0.15) is 0 Å². The van der Waals surface area contributed by atoms with E-state index in [1.807, 2.05) is 0 Å². The minimum atomic E-state index is -3.67. The zero-order valence-electron chi connectivity index (χ0n) is 12.3. The number of aromatic nitrogens is 3. The first-order valence-corrected chi connectivity index (χ1v) is 8.36. The van der Waals surface area contributed by atoms with Crippen LogP contribution < -0.4 is 16.2 Å². The number of nitrogens with one attached hydrogen (secondary N) is 3. The van der Waals surface area contributed by atoms with Crippen LogP contribution in [0, 0.1) is 0 Å². The average molecular weight is 357 g/mol. The van der Waals surface area contributed by atoms with Crippen LogP contribution in [-0.4, -0.2) is 46.3 Å². The van der Waals surface area contributed by atoms with E-state index in [9.17, 15) is 13.2 Å². The van der Waals surface area contributed by atoms with Crippen molar-refractivity contribution < 1.29 is 13.0 Å². The Morgan fingerprint density at radius 3 is 2.61 bits per heavy atom. The maximum Gasteiger partial charge on any atom is 0.271 e. The maximum absolute atomic E-state index is 11.6. The minimum Gasteiger partial charge on any atom is -0.366 e. The molecule has 2 aromatic rings. The van der Waals surface area contributed by atoms with Crippen molar-refractivity contribution in [3.8, 4) is 11.3 Å². The van der Waals surface area contributed by atoms with Gasteiger partial charge in [0.1, 0.15) is 12.0 Å². The lowest BCUT2D eigenvalue weighted by Crippen LogP contribution is -2.27. The monoisotopic (exact) mass is 357 g/mol. The number of thiocarbonyl (C=S) groups is 1. The number of hydrogen-bond donors (Lipinski definition) is 4. The molecule has 0 saturated heterocycles. The number of nitrogens with zero attached hydrogens (tertiary/aromatic N) is 2. The molecule has 0 aliphatic carbocycles. The van der Waals surface area contributed by atoms with Crippen LogP contribution in [-0.2, 0) is 10.1 Å². The fourth-order valence-electron chi connectivity index (χ4n) is 1.37. The molecule has 2 aromatic heterocycles. The van der Waals surface area contributed by atoms with Crippen molar-refractivity contribution in [2.24, 2.45) is 0 Å². The summed E-state index contributed by atoms with van der Waals surface area (Å²) >= 11 is 4.96. The summed E-state index contributed by atoms with van der Waals surface area (Å²) in [5, 5.41) is 5.92. The second-order valence-corrected chi connectivity index (χ2v) is 6.04. The first kappa shape index (κ1) is 18.7. The minimum absolute atomic E-state index is 0.245. The summed E-state index contributed by atoms with van der Waals surface area (Å²) in [4.78, 5) is 22.2. The van der Waals surface area contributed by atoms with Crippen LogP contribution >= 0.6 is 12.2 Å². The summed E-state index contributed by atoms with van der Waals surface area (Å²) in [5.41, 5.74) is 1.62. The molecule has 0 aliphatic heterocycles. The van der Waals surface area contributed by atoms with E-state index in [0.29, 0.717) is 17.1 Å². The highest BCUT2D eigenvalue weighted by Gasteiger charge is 2.05. The van der Waals surface area contributed by atoms with Gasteiger partial charge >= 0.3 is 0 Å². The first-order chi connectivity index (χ1) is 10.7. The van der Waals surface area contributed by atoms with E-state index in [-0.39, 0.29) is 5.56 Å². The van der Waals surface area contributed by atoms with Gasteiger partial charge in [0.05, 0.1) is 11.9 Å². The first-order valence-electron chi connectivity index (χ1n) is 6.11. The molecule has 11 heteroatoms. The van der Waals surface area contributed by atoms with Gasteiger partial charge in [0, 0.05) is 25.0 Å². The van der Waals surface area contributed by atoms with Gasteiger partial charge < -0.3 is 15.6 Å². The average Bonchev–Trinajstić information content (AvgIpc) is 2.48. The Labute approximate surface area is 137 Å². The summed E-state index contributed by atoms with van der Waals surface area (Å²) in [6, 6.07) is 3.44. The zero-order valence-corrected chi connectivity index (χ0v) is 13.9. The van der Waals surface area contributed by atoms with Crippen LogP contribution in [0.2, 0.25) is 0 Å². The molecule has 0 atom stereocenters. The van der Waals surface area contributed by atoms with E-state index < -0.39 is 10.1 Å². The number of aromatic amines is 1. The zero-order chi connectivity index (χ0) is 17.5. The number of H-pyrrole nitrogens is 1. The molecule has 0 aromatic carbocycles. The van der Waals surface area contributed by atoms with Crippen molar-refractivity contribution >= 4 is 33.1 Å². The van der Waals surface area contributed by atoms with Gasteiger partial charge in [0.2, 0.25) is 0 Å². The predicted molar refractivity (Wildman–Crippen MR) is 90.8 cm³/mol. The summed E-state index contributed by atoms with van der Waals surface area (Å²) in [7, 11) is -1.99. The van der Waals surface area contributed by atoms with Gasteiger partial charge in [0.15, 0.2) is 5.11 Å². The van der Waals surface area contributed by atoms with Crippen molar-refractivity contribution in [2.45, 2.75) is 0 Å². The van der Waals surface area contributed by atoms with Crippen molar-refractivity contribution in [3.05, 3.63) is 41.2 Å². The quantitative estimate of drug-likeness (QED) is 0.440. The standard InChI is InChI=1S/C11H11N5OS.CH4O3S/c1-12-11(18)16-9-4-7(5-14-10(9)17)8-2-3-13-6-15-8;1-5(2,3)4/h2-6H,1H3,(H,14,17)(H2,12,16,18);1H3,(H,2,3,4). The molecule has 23 heavy (non-hydrogen) atoms. The molecule has 124 valence electrons. The maximum atomic E-state index is 11.6. The Kier molecular flexibility index (Phi) is 6.75. The molecular formula is C12H15N5O4S2. The molecule has 0 spiro atoms. The highest BCUT2D eigenvalue weighted by Crippen LogP contribution is 2.16. The number of hydrogen-bond acceptors (Lipinski definition) is 6. The summed E-state index contributed by atoms with van der Waals surface area (Å²) in [6.45, 7) is 0. The predicted octanol–water partition coefficient (Wildman–Crippen LogP) is 0.252. The highest BCUT2D eigenvalue weighted by molar-refractivity contribution is 7.85. The highest BCUT2D eigenvalue weighted by atomic mass is 32.2. The van der Waals surface area contributed by atoms with Crippen LogP contribution in [0.25, 0.3) is 11.3 Å². The molecule has 0 amide bonds. The van der Waals surface area contributed by atoms with Crippen molar-refractivity contribution in [2.75, 3.05) is 18.6 Å². The molecule has 2 rings (SSSR count). The van der Waals surface area contributed by atoms with E-state index in [0.717, 1.165) is 11.3 Å². The molecule has 2 heterocycles. The molecule has 0 bridgehead atoms. The molecular weight excluding hydrogens is 342 g/mol. The van der Waals surface area contributed by atoms with Gasteiger partial charge in [-0.2, -0.15) is 8.42 Å². The molecule has 0 unspecified atom stereocenters. The molecule has 0 saturated carbocycles. The van der Waals surface area contributed by atoms with Gasteiger partial charge in [-0.1, -0.05) is 0 Å². The van der Waals surface area contributed by atoms with Crippen LogP contribution in [0.3, 0.4) is 0 Å². The third-order valence-electron chi connectivity index (χ3n) is 2.26. The van der Waals surface area contributed by atoms with Gasteiger partial charge in [0.25, 0.3) is 15.7 Å². The Hall–Kier alpha value is -2.37. The lowest BCUT2D eigenvalue weighted by molar-refractivity contribution is 0.490. The third-order valence-corrected chi connectivity index (χ3v) is 2.56. The Bertz CT molecular complexity index is 813. The van der Waals surface area contributed by atoms with Gasteiger partial charge in [-0.15, -0.1) is 0 Å². The Morgan fingerprint density at radius 1 is 1.43 bits per heavy atom. The van der Waals surface area contributed by atoms with Crippen LogP contribution in [0.4, 0.5) is 5.69 Å².